The third-order valence-electron chi connectivity index (χ3n) is 4.19. The van der Waals surface area contributed by atoms with Crippen molar-refractivity contribution < 1.29 is 28.2 Å². The summed E-state index contributed by atoms with van der Waals surface area (Å²) in [5, 5.41) is 12.0. The van der Waals surface area contributed by atoms with Crippen molar-refractivity contribution in [1.82, 2.24) is 10.3 Å². The highest BCUT2D eigenvalue weighted by Crippen LogP contribution is 2.28. The number of hydrogen-bond donors (Lipinski definition) is 2. The molecule has 0 fully saturated rings. The number of esters is 1. The maximum atomic E-state index is 12.7. The van der Waals surface area contributed by atoms with E-state index in [9.17, 15) is 14.4 Å². The quantitative estimate of drug-likeness (QED) is 0.383. The van der Waals surface area contributed by atoms with Crippen LogP contribution in [0.25, 0.3) is 0 Å². The lowest BCUT2D eigenvalue weighted by Gasteiger charge is -2.16. The van der Waals surface area contributed by atoms with Gasteiger partial charge in [0.05, 0.1) is 10.8 Å². The van der Waals surface area contributed by atoms with Crippen LogP contribution in [0.15, 0.2) is 50.3 Å². The van der Waals surface area contributed by atoms with Gasteiger partial charge in [-0.1, -0.05) is 22.4 Å². The molecule has 0 aliphatic heterocycles. The van der Waals surface area contributed by atoms with Gasteiger partial charge in [0.15, 0.2) is 17.7 Å². The van der Waals surface area contributed by atoms with Crippen molar-refractivity contribution in [2.75, 3.05) is 10.6 Å². The van der Waals surface area contributed by atoms with E-state index in [4.69, 9.17) is 13.8 Å². The number of nitrogens with one attached hydrogen (secondary N) is 2. The Bertz CT molecular complexity index is 1120. The van der Waals surface area contributed by atoms with Crippen molar-refractivity contribution in [2.45, 2.75) is 43.9 Å². The van der Waals surface area contributed by atoms with Gasteiger partial charge in [-0.15, -0.1) is 11.8 Å². The van der Waals surface area contributed by atoms with Crippen LogP contribution in [0.3, 0.4) is 0 Å². The Labute approximate surface area is 188 Å². The molecule has 0 saturated carbocycles. The normalized spacial score (nSPS) is 12.6. The molecule has 0 radical (unpaired) electrons. The van der Waals surface area contributed by atoms with Gasteiger partial charge in [-0.3, -0.25) is 9.59 Å². The van der Waals surface area contributed by atoms with Crippen molar-refractivity contribution in [2.24, 2.45) is 0 Å². The Morgan fingerprint density at radius 3 is 2.06 bits per heavy atom. The Kier molecular flexibility index (Phi) is 7.31. The predicted octanol–water partition coefficient (Wildman–Crippen LogP) is 3.58. The molecule has 1 aromatic carbocycles. The number of amides is 2. The van der Waals surface area contributed by atoms with Crippen LogP contribution in [0, 0.1) is 13.8 Å². The molecule has 0 aliphatic rings. The summed E-state index contributed by atoms with van der Waals surface area (Å²) in [6, 6.07) is 9.84. The van der Waals surface area contributed by atoms with E-state index >= 15 is 0 Å². The molecule has 11 heteroatoms. The smallest absolute Gasteiger partial charge is 0.340 e. The number of thioether (sulfide) groups is 1. The highest BCUT2D eigenvalue weighted by atomic mass is 32.2. The number of aryl methyl sites for hydroxylation is 2. The topological polar surface area (TPSA) is 137 Å². The average Bonchev–Trinajstić information content (AvgIpc) is 3.35. The van der Waals surface area contributed by atoms with E-state index in [-0.39, 0.29) is 17.3 Å². The number of carbonyl (C=O) groups is 3. The minimum atomic E-state index is -1.08. The largest absolute Gasteiger partial charge is 0.449 e. The van der Waals surface area contributed by atoms with Gasteiger partial charge in [-0.05, 0) is 39.8 Å². The molecule has 2 heterocycles. The van der Waals surface area contributed by atoms with Crippen LogP contribution in [-0.2, 0) is 14.3 Å². The van der Waals surface area contributed by atoms with Crippen LogP contribution in [-0.4, -0.2) is 39.5 Å². The van der Waals surface area contributed by atoms with Crippen molar-refractivity contribution in [3.05, 3.63) is 53.5 Å². The zero-order valence-electron chi connectivity index (χ0n) is 17.9. The van der Waals surface area contributed by atoms with Crippen molar-refractivity contribution >= 4 is 41.2 Å². The highest BCUT2D eigenvalue weighted by Gasteiger charge is 2.24. The molecule has 2 aromatic heterocycles. The number of rotatable bonds is 8. The second-order valence-corrected chi connectivity index (χ2v) is 8.31. The van der Waals surface area contributed by atoms with E-state index < -0.39 is 23.2 Å². The molecule has 3 rings (SSSR count). The van der Waals surface area contributed by atoms with Gasteiger partial charge in [-0.2, -0.15) is 0 Å². The summed E-state index contributed by atoms with van der Waals surface area (Å²) in [5.74, 6) is 0.114. The molecule has 10 nitrogen and oxygen atoms in total. The first-order chi connectivity index (χ1) is 15.2. The summed E-state index contributed by atoms with van der Waals surface area (Å²) in [5.41, 5.74) is 0.242. The molecule has 168 valence electrons. The summed E-state index contributed by atoms with van der Waals surface area (Å²) < 4.78 is 15.1. The summed E-state index contributed by atoms with van der Waals surface area (Å²) >= 11 is 1.18. The van der Waals surface area contributed by atoms with Crippen LogP contribution in [0.1, 0.15) is 35.7 Å². The Morgan fingerprint density at radius 1 is 0.938 bits per heavy atom. The van der Waals surface area contributed by atoms with E-state index in [1.807, 2.05) is 0 Å². The second-order valence-electron chi connectivity index (χ2n) is 6.93. The number of carbonyl (C=O) groups excluding carboxylic acids is 3. The van der Waals surface area contributed by atoms with Crippen LogP contribution in [0.2, 0.25) is 0 Å². The lowest BCUT2D eigenvalue weighted by atomic mass is 10.2. The molecule has 32 heavy (non-hydrogen) atoms. The zero-order valence-corrected chi connectivity index (χ0v) is 18.7. The number of anilines is 2. The fourth-order valence-electron chi connectivity index (χ4n) is 2.57. The van der Waals surface area contributed by atoms with Gasteiger partial charge in [0.25, 0.3) is 5.91 Å². The maximum absolute atomic E-state index is 12.7. The molecular formula is C21H22N4O6S. The van der Waals surface area contributed by atoms with E-state index in [1.54, 1.807) is 57.2 Å². The summed E-state index contributed by atoms with van der Waals surface area (Å²) in [7, 11) is 0. The fourth-order valence-corrected chi connectivity index (χ4v) is 3.55. The third kappa shape index (κ3) is 5.97. The molecule has 0 bridgehead atoms. The van der Waals surface area contributed by atoms with Crippen molar-refractivity contribution in [3.63, 3.8) is 0 Å². The molecule has 0 unspecified atom stereocenters. The molecule has 0 aliphatic carbocycles. The first-order valence-corrected chi connectivity index (χ1v) is 10.6. The number of benzene rings is 1. The van der Waals surface area contributed by atoms with Crippen LogP contribution in [0.5, 0.6) is 0 Å². The van der Waals surface area contributed by atoms with Crippen LogP contribution >= 0.6 is 11.8 Å². The van der Waals surface area contributed by atoms with Gasteiger partial charge in [0.2, 0.25) is 5.91 Å². The zero-order chi connectivity index (χ0) is 23.3. The molecule has 2 atom stereocenters. The molecular weight excluding hydrogens is 436 g/mol. The first kappa shape index (κ1) is 23.1. The van der Waals surface area contributed by atoms with Gasteiger partial charge in [0.1, 0.15) is 11.5 Å². The van der Waals surface area contributed by atoms with Crippen LogP contribution < -0.4 is 10.6 Å². The molecule has 0 spiro atoms. The SMILES string of the molecule is Cc1cc(NC(=O)[C@H](C)Sc2ccccc2C(=O)O[C@H](C)C(=O)Nc2cc(C)on2)no1. The highest BCUT2D eigenvalue weighted by molar-refractivity contribution is 8.00. The fraction of sp³-hybridized carbons (Fsp3) is 0.286. The number of aromatic nitrogens is 2. The minimum absolute atomic E-state index is 0.230. The third-order valence-corrected chi connectivity index (χ3v) is 5.37. The van der Waals surface area contributed by atoms with E-state index in [0.29, 0.717) is 22.2 Å². The van der Waals surface area contributed by atoms with Gasteiger partial charge in [0, 0.05) is 17.0 Å². The first-order valence-electron chi connectivity index (χ1n) is 9.68. The molecule has 0 saturated heterocycles. The summed E-state index contributed by atoms with van der Waals surface area (Å²) in [6.45, 7) is 6.56. The van der Waals surface area contributed by atoms with E-state index in [1.165, 1.54) is 18.7 Å². The van der Waals surface area contributed by atoms with E-state index in [2.05, 4.69) is 20.9 Å². The number of ether oxygens (including phenoxy) is 1. The van der Waals surface area contributed by atoms with Crippen LogP contribution in [0.4, 0.5) is 11.6 Å². The monoisotopic (exact) mass is 458 g/mol. The minimum Gasteiger partial charge on any atom is -0.449 e. The lowest BCUT2D eigenvalue weighted by Crippen LogP contribution is -2.30. The molecule has 3 aromatic rings. The number of hydrogen-bond acceptors (Lipinski definition) is 9. The number of nitrogens with zero attached hydrogens (tertiary/aromatic N) is 2. The molecule has 2 N–H and O–H groups in total. The van der Waals surface area contributed by atoms with Gasteiger partial charge in [-0.25, -0.2) is 4.79 Å². The van der Waals surface area contributed by atoms with Crippen molar-refractivity contribution in [3.8, 4) is 0 Å². The summed E-state index contributed by atoms with van der Waals surface area (Å²) in [6.07, 6.45) is -1.08. The Balaban J connectivity index is 1.62. The van der Waals surface area contributed by atoms with Crippen molar-refractivity contribution in [1.29, 1.82) is 0 Å². The Hall–Kier alpha value is -3.60. The predicted molar refractivity (Wildman–Crippen MR) is 116 cm³/mol. The standard InChI is InChI=1S/C21H22N4O6S/c1-11-9-17(24-30-11)22-19(26)13(3)29-21(28)15-7-5-6-8-16(15)32-14(4)20(27)23-18-10-12(2)31-25-18/h5-10,13-14H,1-4H3,(H,22,24,26)(H,23,25,27)/t13-,14+/m1/s1. The maximum Gasteiger partial charge on any atom is 0.340 e. The summed E-state index contributed by atoms with van der Waals surface area (Å²) in [4.78, 5) is 38.0. The Morgan fingerprint density at radius 2 is 1.50 bits per heavy atom. The lowest BCUT2D eigenvalue weighted by molar-refractivity contribution is -0.123. The second kappa shape index (κ2) is 10.1. The van der Waals surface area contributed by atoms with E-state index in [0.717, 1.165) is 0 Å². The average molecular weight is 458 g/mol. The van der Waals surface area contributed by atoms with Gasteiger partial charge < -0.3 is 24.4 Å². The molecule has 2 amide bonds. The van der Waals surface area contributed by atoms with Gasteiger partial charge >= 0.3 is 5.97 Å².